The van der Waals surface area contributed by atoms with Crippen LogP contribution in [-0.2, 0) is 14.6 Å². The highest BCUT2D eigenvalue weighted by Gasteiger charge is 2.36. The lowest BCUT2D eigenvalue weighted by Gasteiger charge is -2.36. The standard InChI is InChI=1S/C13H25NO3S/c1-14-13(11-6-7-17-9-11)10-4-3-5-12(8-10)18(2,15)16/h10-14H,3-9H2,1-2H3. The molecule has 1 saturated carbocycles. The Morgan fingerprint density at radius 1 is 1.22 bits per heavy atom. The quantitative estimate of drug-likeness (QED) is 0.838. The molecule has 106 valence electrons. The summed E-state index contributed by atoms with van der Waals surface area (Å²) in [6.45, 7) is 1.68. The predicted molar refractivity (Wildman–Crippen MR) is 72.4 cm³/mol. The van der Waals surface area contributed by atoms with E-state index in [1.165, 1.54) is 6.26 Å². The van der Waals surface area contributed by atoms with Crippen molar-refractivity contribution < 1.29 is 13.2 Å². The molecule has 0 aromatic heterocycles. The van der Waals surface area contributed by atoms with Crippen molar-refractivity contribution in [2.24, 2.45) is 11.8 Å². The van der Waals surface area contributed by atoms with Gasteiger partial charge in [-0.25, -0.2) is 8.42 Å². The molecule has 2 rings (SSSR count). The maximum atomic E-state index is 11.7. The molecule has 1 saturated heterocycles. The second-order valence-electron chi connectivity index (χ2n) is 5.82. The summed E-state index contributed by atoms with van der Waals surface area (Å²) >= 11 is 0. The highest BCUT2D eigenvalue weighted by atomic mass is 32.2. The van der Waals surface area contributed by atoms with Crippen molar-refractivity contribution in [2.75, 3.05) is 26.5 Å². The zero-order chi connectivity index (χ0) is 13.2. The third-order valence-electron chi connectivity index (χ3n) is 4.59. The molecule has 0 aromatic carbocycles. The summed E-state index contributed by atoms with van der Waals surface area (Å²) in [6.07, 6.45) is 6.33. The van der Waals surface area contributed by atoms with Gasteiger partial charge in [0, 0.05) is 24.8 Å². The third kappa shape index (κ3) is 3.25. The number of nitrogens with one attached hydrogen (secondary N) is 1. The average Bonchev–Trinajstić information content (AvgIpc) is 2.83. The van der Waals surface area contributed by atoms with Gasteiger partial charge in [-0.1, -0.05) is 6.42 Å². The topological polar surface area (TPSA) is 55.4 Å². The van der Waals surface area contributed by atoms with E-state index in [-0.39, 0.29) is 5.25 Å². The van der Waals surface area contributed by atoms with Crippen LogP contribution in [0.4, 0.5) is 0 Å². The Hall–Kier alpha value is -0.130. The van der Waals surface area contributed by atoms with Crippen LogP contribution in [0.3, 0.4) is 0 Å². The molecule has 0 aromatic rings. The molecule has 5 heteroatoms. The van der Waals surface area contributed by atoms with Crippen molar-refractivity contribution in [3.8, 4) is 0 Å². The molecular formula is C13H25NO3S. The van der Waals surface area contributed by atoms with Crippen molar-refractivity contribution in [3.05, 3.63) is 0 Å². The Labute approximate surface area is 110 Å². The SMILES string of the molecule is CNC(C1CCOC1)C1CCCC(S(C)(=O)=O)C1. The highest BCUT2D eigenvalue weighted by Crippen LogP contribution is 2.34. The van der Waals surface area contributed by atoms with Crippen molar-refractivity contribution in [1.29, 1.82) is 0 Å². The fourth-order valence-corrected chi connectivity index (χ4v) is 4.78. The van der Waals surface area contributed by atoms with Gasteiger partial charge in [-0.15, -0.1) is 0 Å². The van der Waals surface area contributed by atoms with Gasteiger partial charge in [0.2, 0.25) is 0 Å². The van der Waals surface area contributed by atoms with Crippen LogP contribution < -0.4 is 5.32 Å². The second kappa shape index (κ2) is 5.88. The van der Waals surface area contributed by atoms with Crippen LogP contribution in [0.25, 0.3) is 0 Å². The summed E-state index contributed by atoms with van der Waals surface area (Å²) in [4.78, 5) is 0. The number of hydrogen-bond donors (Lipinski definition) is 1. The molecule has 0 radical (unpaired) electrons. The van der Waals surface area contributed by atoms with E-state index in [1.807, 2.05) is 7.05 Å². The van der Waals surface area contributed by atoms with Gasteiger partial charge >= 0.3 is 0 Å². The molecule has 0 amide bonds. The van der Waals surface area contributed by atoms with Crippen LogP contribution >= 0.6 is 0 Å². The van der Waals surface area contributed by atoms with Gasteiger partial charge < -0.3 is 10.1 Å². The highest BCUT2D eigenvalue weighted by molar-refractivity contribution is 7.91. The van der Waals surface area contributed by atoms with E-state index < -0.39 is 9.84 Å². The molecule has 18 heavy (non-hydrogen) atoms. The van der Waals surface area contributed by atoms with Crippen molar-refractivity contribution >= 4 is 9.84 Å². The predicted octanol–water partition coefficient (Wildman–Crippen LogP) is 1.21. The summed E-state index contributed by atoms with van der Waals surface area (Å²) in [7, 11) is -0.890. The van der Waals surface area contributed by atoms with E-state index in [1.54, 1.807) is 0 Å². The Morgan fingerprint density at radius 2 is 2.00 bits per heavy atom. The van der Waals surface area contributed by atoms with Gasteiger partial charge in [0.15, 0.2) is 0 Å². The molecule has 1 aliphatic carbocycles. The minimum absolute atomic E-state index is 0.130. The van der Waals surface area contributed by atoms with Crippen LogP contribution in [0, 0.1) is 11.8 Å². The van der Waals surface area contributed by atoms with Gasteiger partial charge in [-0.05, 0) is 38.6 Å². The number of sulfone groups is 1. The molecule has 0 spiro atoms. The normalized spacial score (nSPS) is 35.6. The monoisotopic (exact) mass is 275 g/mol. The van der Waals surface area contributed by atoms with Crippen LogP contribution in [0.15, 0.2) is 0 Å². The van der Waals surface area contributed by atoms with E-state index >= 15 is 0 Å². The second-order valence-corrected chi connectivity index (χ2v) is 8.14. The summed E-state index contributed by atoms with van der Waals surface area (Å²) in [6, 6.07) is 0.414. The molecule has 1 aliphatic heterocycles. The third-order valence-corrected chi connectivity index (χ3v) is 6.23. The number of hydrogen-bond acceptors (Lipinski definition) is 4. The summed E-state index contributed by atoms with van der Waals surface area (Å²) in [5.74, 6) is 1.04. The zero-order valence-electron chi connectivity index (χ0n) is 11.4. The molecular weight excluding hydrogens is 250 g/mol. The Bertz CT molecular complexity index is 362. The number of ether oxygens (including phenoxy) is 1. The summed E-state index contributed by atoms with van der Waals surface area (Å²) in [5, 5.41) is 3.28. The summed E-state index contributed by atoms with van der Waals surface area (Å²) in [5.41, 5.74) is 0. The molecule has 0 bridgehead atoms. The van der Waals surface area contributed by atoms with Gasteiger partial charge in [-0.3, -0.25) is 0 Å². The lowest BCUT2D eigenvalue weighted by molar-refractivity contribution is 0.157. The first-order valence-corrected chi connectivity index (χ1v) is 8.91. The van der Waals surface area contributed by atoms with E-state index in [2.05, 4.69) is 5.32 Å². The first kappa shape index (κ1) is 14.3. The first-order valence-electron chi connectivity index (χ1n) is 6.96. The van der Waals surface area contributed by atoms with Gasteiger partial charge in [0.05, 0.1) is 11.9 Å². The molecule has 4 atom stereocenters. The Morgan fingerprint density at radius 3 is 2.56 bits per heavy atom. The molecule has 4 nitrogen and oxygen atoms in total. The van der Waals surface area contributed by atoms with Crippen molar-refractivity contribution in [2.45, 2.75) is 43.4 Å². The maximum absolute atomic E-state index is 11.7. The Balaban J connectivity index is 2.02. The van der Waals surface area contributed by atoms with Crippen LogP contribution in [0.2, 0.25) is 0 Å². The lowest BCUT2D eigenvalue weighted by atomic mass is 9.78. The Kier molecular flexibility index (Phi) is 4.67. The van der Waals surface area contributed by atoms with E-state index in [4.69, 9.17) is 4.74 Å². The maximum Gasteiger partial charge on any atom is 0.150 e. The molecule has 2 fully saturated rings. The van der Waals surface area contributed by atoms with E-state index in [0.29, 0.717) is 17.9 Å². The molecule has 1 heterocycles. The summed E-state index contributed by atoms with van der Waals surface area (Å²) < 4.78 is 28.9. The van der Waals surface area contributed by atoms with E-state index in [9.17, 15) is 8.42 Å². The van der Waals surface area contributed by atoms with Crippen LogP contribution in [-0.4, -0.2) is 46.2 Å². The van der Waals surface area contributed by atoms with Gasteiger partial charge in [0.25, 0.3) is 0 Å². The van der Waals surface area contributed by atoms with Crippen molar-refractivity contribution in [3.63, 3.8) is 0 Å². The molecule has 4 unspecified atom stereocenters. The molecule has 1 N–H and O–H groups in total. The minimum Gasteiger partial charge on any atom is -0.381 e. The fourth-order valence-electron chi connectivity index (χ4n) is 3.59. The first-order chi connectivity index (χ1) is 8.52. The molecule has 2 aliphatic rings. The van der Waals surface area contributed by atoms with Crippen LogP contribution in [0.1, 0.15) is 32.1 Å². The number of rotatable bonds is 4. The van der Waals surface area contributed by atoms with Gasteiger partial charge in [-0.2, -0.15) is 0 Å². The zero-order valence-corrected chi connectivity index (χ0v) is 12.2. The fraction of sp³-hybridized carbons (Fsp3) is 1.00. The van der Waals surface area contributed by atoms with Crippen LogP contribution in [0.5, 0.6) is 0 Å². The average molecular weight is 275 g/mol. The lowest BCUT2D eigenvalue weighted by Crippen LogP contribution is -2.44. The van der Waals surface area contributed by atoms with E-state index in [0.717, 1.165) is 45.3 Å². The smallest absolute Gasteiger partial charge is 0.150 e. The minimum atomic E-state index is -2.88. The largest absolute Gasteiger partial charge is 0.381 e. The van der Waals surface area contributed by atoms with Gasteiger partial charge in [0.1, 0.15) is 9.84 Å². The van der Waals surface area contributed by atoms with Crippen molar-refractivity contribution in [1.82, 2.24) is 5.32 Å².